The van der Waals surface area contributed by atoms with Gasteiger partial charge >= 0.3 is 6.18 Å². The monoisotopic (exact) mass is 419 g/mol. The Morgan fingerprint density at radius 2 is 1.90 bits per heavy atom. The molecule has 4 rings (SSSR count). The van der Waals surface area contributed by atoms with Crippen LogP contribution in [0.15, 0.2) is 46.9 Å². The van der Waals surface area contributed by atoms with Crippen LogP contribution in [0.3, 0.4) is 0 Å². The zero-order chi connectivity index (χ0) is 21.1. The van der Waals surface area contributed by atoms with Crippen molar-refractivity contribution in [2.45, 2.75) is 25.6 Å². The fraction of sp³-hybridized carbons (Fsp3) is 0.250. The van der Waals surface area contributed by atoms with Crippen molar-refractivity contribution in [1.29, 1.82) is 0 Å². The Balaban J connectivity index is 1.30. The van der Waals surface area contributed by atoms with Crippen molar-refractivity contribution in [3.8, 4) is 23.0 Å². The summed E-state index contributed by atoms with van der Waals surface area (Å²) in [6.07, 6.45) is -4.21. The first-order chi connectivity index (χ1) is 14.4. The Morgan fingerprint density at radius 1 is 1.07 bits per heavy atom. The summed E-state index contributed by atoms with van der Waals surface area (Å²) in [5.74, 6) is 1.21. The number of aromatic nitrogens is 2. The summed E-state index contributed by atoms with van der Waals surface area (Å²) >= 11 is 0. The molecule has 0 saturated carbocycles. The average Bonchev–Trinajstić information content (AvgIpc) is 3.39. The molecule has 0 bridgehead atoms. The molecule has 1 N–H and O–H groups in total. The van der Waals surface area contributed by atoms with Gasteiger partial charge in [-0.25, -0.2) is 0 Å². The van der Waals surface area contributed by atoms with Crippen LogP contribution in [0.1, 0.15) is 23.4 Å². The Bertz CT molecular complexity index is 1070. The molecule has 0 aliphatic carbocycles. The van der Waals surface area contributed by atoms with Crippen molar-refractivity contribution in [2.75, 3.05) is 6.79 Å². The lowest BCUT2D eigenvalue weighted by molar-refractivity contribution is -0.137. The van der Waals surface area contributed by atoms with E-state index in [-0.39, 0.29) is 42.9 Å². The van der Waals surface area contributed by atoms with Crippen LogP contribution in [0.2, 0.25) is 0 Å². The van der Waals surface area contributed by atoms with E-state index in [1.54, 1.807) is 12.1 Å². The fourth-order valence-corrected chi connectivity index (χ4v) is 2.86. The minimum atomic E-state index is -4.46. The van der Waals surface area contributed by atoms with Crippen molar-refractivity contribution < 1.29 is 31.9 Å². The van der Waals surface area contributed by atoms with Crippen LogP contribution in [-0.4, -0.2) is 22.9 Å². The van der Waals surface area contributed by atoms with E-state index in [9.17, 15) is 18.0 Å². The van der Waals surface area contributed by atoms with E-state index < -0.39 is 11.7 Å². The number of halogens is 3. The van der Waals surface area contributed by atoms with Gasteiger partial charge in [0.05, 0.1) is 5.56 Å². The molecule has 0 spiro atoms. The number of benzene rings is 2. The number of aryl methyl sites for hydroxylation is 1. The van der Waals surface area contributed by atoms with Gasteiger partial charge in [0.15, 0.2) is 11.5 Å². The van der Waals surface area contributed by atoms with E-state index in [0.29, 0.717) is 18.0 Å². The number of amides is 1. The van der Waals surface area contributed by atoms with Crippen molar-refractivity contribution in [3.05, 3.63) is 59.5 Å². The molecule has 1 amide bonds. The molecule has 0 fully saturated rings. The molecule has 0 atom stereocenters. The topological polar surface area (TPSA) is 86.5 Å². The molecular weight excluding hydrogens is 403 g/mol. The Kier molecular flexibility index (Phi) is 5.30. The molecule has 3 aromatic rings. The van der Waals surface area contributed by atoms with E-state index in [4.69, 9.17) is 13.9 Å². The number of nitrogens with zero attached hydrogens (tertiary/aromatic N) is 2. The van der Waals surface area contributed by atoms with E-state index in [1.165, 1.54) is 12.1 Å². The van der Waals surface area contributed by atoms with Crippen LogP contribution in [0.5, 0.6) is 11.5 Å². The second-order valence-electron chi connectivity index (χ2n) is 6.54. The molecular formula is C20H16F3N3O4. The molecule has 7 nitrogen and oxygen atoms in total. The average molecular weight is 419 g/mol. The zero-order valence-corrected chi connectivity index (χ0v) is 15.5. The van der Waals surface area contributed by atoms with Crippen LogP contribution in [0.4, 0.5) is 13.2 Å². The molecule has 0 radical (unpaired) electrons. The molecule has 2 aromatic carbocycles. The van der Waals surface area contributed by atoms with Crippen LogP contribution < -0.4 is 14.8 Å². The summed E-state index contributed by atoms with van der Waals surface area (Å²) < 4.78 is 54.4. The lowest BCUT2D eigenvalue weighted by Crippen LogP contribution is -2.23. The molecule has 1 aromatic heterocycles. The quantitative estimate of drug-likeness (QED) is 0.655. The summed E-state index contributed by atoms with van der Waals surface area (Å²) in [4.78, 5) is 12.1. The van der Waals surface area contributed by atoms with Crippen molar-refractivity contribution in [1.82, 2.24) is 15.5 Å². The van der Waals surface area contributed by atoms with Gasteiger partial charge in [0.1, 0.15) is 0 Å². The third-order valence-electron chi connectivity index (χ3n) is 4.40. The summed E-state index contributed by atoms with van der Waals surface area (Å²) in [5, 5.41) is 10.4. The maximum Gasteiger partial charge on any atom is 0.416 e. The number of carbonyl (C=O) groups is 1. The fourth-order valence-electron chi connectivity index (χ4n) is 2.86. The predicted molar refractivity (Wildman–Crippen MR) is 97.5 cm³/mol. The highest BCUT2D eigenvalue weighted by Gasteiger charge is 2.30. The summed E-state index contributed by atoms with van der Waals surface area (Å²) in [6.45, 7) is 0.493. The lowest BCUT2D eigenvalue weighted by atomic mass is 10.1. The molecule has 1 aliphatic heterocycles. The lowest BCUT2D eigenvalue weighted by Gasteiger charge is -2.06. The molecule has 0 unspecified atom stereocenters. The van der Waals surface area contributed by atoms with Gasteiger partial charge in [0, 0.05) is 24.9 Å². The summed E-state index contributed by atoms with van der Waals surface area (Å²) in [7, 11) is 0. The number of rotatable bonds is 6. The van der Waals surface area contributed by atoms with E-state index in [0.717, 1.165) is 17.7 Å². The first kappa shape index (κ1) is 19.7. The van der Waals surface area contributed by atoms with Gasteiger partial charge < -0.3 is 19.2 Å². The first-order valence-electron chi connectivity index (χ1n) is 9.04. The van der Waals surface area contributed by atoms with E-state index in [2.05, 4.69) is 15.5 Å². The Hall–Kier alpha value is -3.56. The minimum absolute atomic E-state index is 0.0307. The van der Waals surface area contributed by atoms with Crippen LogP contribution in [-0.2, 0) is 23.9 Å². The number of ether oxygens (including phenoxy) is 2. The highest BCUT2D eigenvalue weighted by Crippen LogP contribution is 2.33. The highest BCUT2D eigenvalue weighted by molar-refractivity contribution is 5.76. The number of hydrogen-bond acceptors (Lipinski definition) is 6. The third kappa shape index (κ3) is 4.53. The molecule has 2 heterocycles. The van der Waals surface area contributed by atoms with Gasteiger partial charge in [-0.15, -0.1) is 10.2 Å². The van der Waals surface area contributed by atoms with Gasteiger partial charge in [0.25, 0.3) is 0 Å². The largest absolute Gasteiger partial charge is 0.454 e. The normalized spacial score (nSPS) is 12.8. The number of carbonyl (C=O) groups excluding carboxylic acids is 1. The van der Waals surface area contributed by atoms with Gasteiger partial charge in [-0.2, -0.15) is 13.2 Å². The molecule has 30 heavy (non-hydrogen) atoms. The molecule has 1 aliphatic rings. The number of nitrogens with one attached hydrogen (secondary N) is 1. The summed E-state index contributed by atoms with van der Waals surface area (Å²) in [5.41, 5.74) is 0.218. The smallest absolute Gasteiger partial charge is 0.416 e. The Labute approximate surface area is 168 Å². The van der Waals surface area contributed by atoms with Gasteiger partial charge in [-0.05, 0) is 35.9 Å². The summed E-state index contributed by atoms with van der Waals surface area (Å²) in [6, 6.07) is 10.0. The SMILES string of the molecule is O=C(CCc1nnc(-c2cccc(C(F)(F)F)c2)o1)NCc1ccc2c(c1)OCO2. The molecule has 156 valence electrons. The Morgan fingerprint density at radius 3 is 2.73 bits per heavy atom. The number of fused-ring (bicyclic) bond motifs is 1. The van der Waals surface area contributed by atoms with Crippen molar-refractivity contribution >= 4 is 5.91 Å². The van der Waals surface area contributed by atoms with Crippen molar-refractivity contribution in [2.24, 2.45) is 0 Å². The number of alkyl halides is 3. The zero-order valence-electron chi connectivity index (χ0n) is 15.5. The second kappa shape index (κ2) is 8.05. The predicted octanol–water partition coefficient (Wildman–Crippen LogP) is 3.73. The van der Waals surface area contributed by atoms with E-state index in [1.807, 2.05) is 6.07 Å². The van der Waals surface area contributed by atoms with Crippen LogP contribution in [0, 0.1) is 0 Å². The standard InChI is InChI=1S/C20H16F3N3O4/c21-20(22,23)14-3-1-2-13(9-14)19-26-25-18(30-19)7-6-17(27)24-10-12-4-5-15-16(8-12)29-11-28-15/h1-5,8-9H,6-7,10-11H2,(H,24,27). The third-order valence-corrected chi connectivity index (χ3v) is 4.40. The maximum absolute atomic E-state index is 12.8. The maximum atomic E-state index is 12.8. The first-order valence-corrected chi connectivity index (χ1v) is 9.04. The second-order valence-corrected chi connectivity index (χ2v) is 6.54. The molecule has 0 saturated heterocycles. The van der Waals surface area contributed by atoms with Gasteiger partial charge in [-0.3, -0.25) is 4.79 Å². The van der Waals surface area contributed by atoms with Gasteiger partial charge in [-0.1, -0.05) is 12.1 Å². The molecule has 10 heteroatoms. The van der Waals surface area contributed by atoms with Gasteiger partial charge in [0.2, 0.25) is 24.5 Å². The van der Waals surface area contributed by atoms with E-state index >= 15 is 0 Å². The van der Waals surface area contributed by atoms with Crippen LogP contribution >= 0.6 is 0 Å². The highest BCUT2D eigenvalue weighted by atomic mass is 19.4. The number of hydrogen-bond donors (Lipinski definition) is 1. The van der Waals surface area contributed by atoms with Crippen molar-refractivity contribution in [3.63, 3.8) is 0 Å². The van der Waals surface area contributed by atoms with Crippen LogP contribution in [0.25, 0.3) is 11.5 Å². The minimum Gasteiger partial charge on any atom is -0.454 e.